The van der Waals surface area contributed by atoms with Crippen molar-refractivity contribution >= 4 is 5.97 Å². The number of methoxy groups -OCH3 is 1. The van der Waals surface area contributed by atoms with Gasteiger partial charge in [0.05, 0.1) is 7.11 Å². The van der Waals surface area contributed by atoms with Gasteiger partial charge in [0.1, 0.15) is 12.2 Å². The molecule has 0 radical (unpaired) electrons. The van der Waals surface area contributed by atoms with Crippen LogP contribution < -0.4 is 10.5 Å². The fourth-order valence-corrected chi connectivity index (χ4v) is 1.39. The van der Waals surface area contributed by atoms with Crippen LogP contribution in [-0.2, 0) is 11.2 Å². The van der Waals surface area contributed by atoms with Crippen LogP contribution in [0.4, 0.5) is 4.39 Å². The number of ether oxygens (including phenoxy) is 1. The van der Waals surface area contributed by atoms with Gasteiger partial charge in [-0.1, -0.05) is 6.07 Å². The average molecular weight is 243 g/mol. The summed E-state index contributed by atoms with van der Waals surface area (Å²) in [6, 6.07) is 4.29. The van der Waals surface area contributed by atoms with Crippen molar-refractivity contribution in [3.8, 4) is 11.5 Å². The Morgan fingerprint density at radius 1 is 1.59 bits per heavy atom. The molecule has 94 valence electrons. The van der Waals surface area contributed by atoms with E-state index in [2.05, 4.69) is 0 Å². The Kier molecular flexibility index (Phi) is 3.90. The second kappa shape index (κ2) is 5.01. The van der Waals surface area contributed by atoms with E-state index in [1.807, 2.05) is 0 Å². The van der Waals surface area contributed by atoms with Crippen molar-refractivity contribution in [1.29, 1.82) is 0 Å². The van der Waals surface area contributed by atoms with Gasteiger partial charge in [-0.15, -0.1) is 0 Å². The number of carboxylic acids is 1. The maximum Gasteiger partial charge on any atom is 0.326 e. The lowest BCUT2D eigenvalue weighted by Crippen LogP contribution is -2.52. The van der Waals surface area contributed by atoms with Crippen LogP contribution in [0.25, 0.3) is 0 Å². The summed E-state index contributed by atoms with van der Waals surface area (Å²) in [7, 11) is 1.39. The number of benzene rings is 1. The van der Waals surface area contributed by atoms with Crippen LogP contribution in [0.15, 0.2) is 18.2 Å². The zero-order valence-electron chi connectivity index (χ0n) is 9.31. The van der Waals surface area contributed by atoms with E-state index in [0.29, 0.717) is 5.56 Å². The predicted molar refractivity (Wildman–Crippen MR) is 58.9 cm³/mol. The van der Waals surface area contributed by atoms with E-state index < -0.39 is 18.2 Å². The molecule has 0 amide bonds. The predicted octanol–water partition coefficient (Wildman–Crippen LogP) is 0.695. The summed E-state index contributed by atoms with van der Waals surface area (Å²) < 4.78 is 17.5. The van der Waals surface area contributed by atoms with E-state index in [4.69, 9.17) is 15.6 Å². The summed E-state index contributed by atoms with van der Waals surface area (Å²) in [5, 5.41) is 18.3. The van der Waals surface area contributed by atoms with E-state index in [1.165, 1.54) is 25.3 Å². The summed E-state index contributed by atoms with van der Waals surface area (Å²) in [5.74, 6) is -1.31. The molecule has 0 bridgehead atoms. The van der Waals surface area contributed by atoms with E-state index >= 15 is 0 Å². The lowest BCUT2D eigenvalue weighted by Gasteiger charge is -2.21. The molecule has 1 aromatic rings. The zero-order valence-corrected chi connectivity index (χ0v) is 9.31. The van der Waals surface area contributed by atoms with Gasteiger partial charge in [-0.2, -0.15) is 0 Å². The van der Waals surface area contributed by atoms with E-state index in [-0.39, 0.29) is 17.9 Å². The summed E-state index contributed by atoms with van der Waals surface area (Å²) in [6.45, 7) is -1.19. The van der Waals surface area contributed by atoms with Gasteiger partial charge in [-0.3, -0.25) is 4.79 Å². The van der Waals surface area contributed by atoms with Crippen molar-refractivity contribution in [2.45, 2.75) is 12.0 Å². The first kappa shape index (κ1) is 13.2. The molecule has 0 aliphatic heterocycles. The second-order valence-electron chi connectivity index (χ2n) is 3.78. The molecule has 1 atom stereocenters. The molecular formula is C11H14FNO4. The van der Waals surface area contributed by atoms with E-state index in [9.17, 15) is 14.3 Å². The molecular weight excluding hydrogens is 229 g/mol. The highest BCUT2D eigenvalue weighted by Crippen LogP contribution is 2.27. The van der Waals surface area contributed by atoms with E-state index in [0.717, 1.165) is 0 Å². The molecule has 4 N–H and O–H groups in total. The molecule has 6 heteroatoms. The zero-order chi connectivity index (χ0) is 13.1. The Morgan fingerprint density at radius 2 is 2.24 bits per heavy atom. The van der Waals surface area contributed by atoms with Gasteiger partial charge in [0.2, 0.25) is 0 Å². The molecule has 1 aromatic carbocycles. The molecule has 1 unspecified atom stereocenters. The average Bonchev–Trinajstić information content (AvgIpc) is 2.29. The van der Waals surface area contributed by atoms with Crippen LogP contribution >= 0.6 is 0 Å². The molecule has 0 aliphatic rings. The van der Waals surface area contributed by atoms with Gasteiger partial charge in [-0.25, -0.2) is 4.39 Å². The molecule has 0 aliphatic carbocycles. The van der Waals surface area contributed by atoms with E-state index in [1.54, 1.807) is 0 Å². The number of hydrogen-bond donors (Lipinski definition) is 3. The number of rotatable bonds is 5. The highest BCUT2D eigenvalue weighted by atomic mass is 19.1. The fourth-order valence-electron chi connectivity index (χ4n) is 1.39. The third kappa shape index (κ3) is 2.85. The number of carbonyl (C=O) groups is 1. The Morgan fingerprint density at radius 3 is 2.65 bits per heavy atom. The number of phenolic OH excluding ortho intramolecular Hbond substituents is 1. The molecule has 5 nitrogen and oxygen atoms in total. The van der Waals surface area contributed by atoms with Crippen LogP contribution in [0, 0.1) is 0 Å². The third-order valence-corrected chi connectivity index (χ3v) is 2.43. The Hall–Kier alpha value is -1.82. The molecule has 1 rings (SSSR count). The Balaban J connectivity index is 2.95. The summed E-state index contributed by atoms with van der Waals surface area (Å²) in [6.07, 6.45) is -0.212. The number of aliphatic carboxylic acids is 1. The van der Waals surface area contributed by atoms with Gasteiger partial charge in [-0.05, 0) is 17.7 Å². The van der Waals surface area contributed by atoms with Crippen LogP contribution in [0.5, 0.6) is 11.5 Å². The minimum Gasteiger partial charge on any atom is -0.504 e. The molecule has 0 heterocycles. The third-order valence-electron chi connectivity index (χ3n) is 2.43. The van der Waals surface area contributed by atoms with Crippen molar-refractivity contribution in [2.75, 3.05) is 13.8 Å². The number of halogens is 1. The second-order valence-corrected chi connectivity index (χ2v) is 3.78. The summed E-state index contributed by atoms with van der Waals surface area (Å²) in [4.78, 5) is 10.8. The highest BCUT2D eigenvalue weighted by molar-refractivity contribution is 5.79. The van der Waals surface area contributed by atoms with Crippen LogP contribution in [0.3, 0.4) is 0 Å². The van der Waals surface area contributed by atoms with Gasteiger partial charge in [0, 0.05) is 6.42 Å². The quantitative estimate of drug-likeness (QED) is 0.707. The molecule has 0 saturated carbocycles. The van der Waals surface area contributed by atoms with Crippen molar-refractivity contribution in [1.82, 2.24) is 0 Å². The minimum atomic E-state index is -1.97. The number of phenols is 1. The Labute approximate surface area is 97.6 Å². The minimum absolute atomic E-state index is 0.142. The summed E-state index contributed by atoms with van der Waals surface area (Å²) >= 11 is 0. The standard InChI is InChI=1S/C11H14FNO4/c1-17-9-3-2-7(4-8(9)14)5-11(13,6-12)10(15)16/h2-4,14H,5-6,13H2,1H3,(H,15,16). The van der Waals surface area contributed by atoms with Crippen molar-refractivity contribution in [2.24, 2.45) is 5.73 Å². The lowest BCUT2D eigenvalue weighted by atomic mass is 9.93. The van der Waals surface area contributed by atoms with Gasteiger partial charge >= 0.3 is 5.97 Å². The largest absolute Gasteiger partial charge is 0.504 e. The fraction of sp³-hybridized carbons (Fsp3) is 0.364. The number of nitrogens with two attached hydrogens (primary N) is 1. The molecule has 17 heavy (non-hydrogen) atoms. The first-order valence-corrected chi connectivity index (χ1v) is 4.87. The lowest BCUT2D eigenvalue weighted by molar-refractivity contribution is -0.143. The van der Waals surface area contributed by atoms with Gasteiger partial charge in [0.15, 0.2) is 11.5 Å². The smallest absolute Gasteiger partial charge is 0.326 e. The number of hydrogen-bond acceptors (Lipinski definition) is 4. The first-order chi connectivity index (χ1) is 7.92. The molecule has 0 aromatic heterocycles. The molecule has 0 fully saturated rings. The molecule has 0 spiro atoms. The Bertz CT molecular complexity index is 424. The van der Waals surface area contributed by atoms with Crippen LogP contribution in [0.2, 0.25) is 0 Å². The monoisotopic (exact) mass is 243 g/mol. The number of aromatic hydroxyl groups is 1. The first-order valence-electron chi connectivity index (χ1n) is 4.87. The maximum atomic E-state index is 12.6. The van der Waals surface area contributed by atoms with Crippen LogP contribution in [-0.4, -0.2) is 35.5 Å². The van der Waals surface area contributed by atoms with Crippen molar-refractivity contribution in [3.63, 3.8) is 0 Å². The normalized spacial score (nSPS) is 14.1. The SMILES string of the molecule is COc1ccc(CC(N)(CF)C(=O)O)cc1O. The van der Waals surface area contributed by atoms with Gasteiger partial charge in [0.25, 0.3) is 0 Å². The topological polar surface area (TPSA) is 92.8 Å². The molecule has 0 saturated heterocycles. The van der Waals surface area contributed by atoms with Gasteiger partial charge < -0.3 is 20.7 Å². The van der Waals surface area contributed by atoms with Crippen molar-refractivity contribution < 1.29 is 24.1 Å². The van der Waals surface area contributed by atoms with Crippen molar-refractivity contribution in [3.05, 3.63) is 23.8 Å². The highest BCUT2D eigenvalue weighted by Gasteiger charge is 2.34. The maximum absolute atomic E-state index is 12.6. The number of alkyl halides is 1. The number of carboxylic acid groups (broad SMARTS) is 1. The summed E-state index contributed by atoms with van der Waals surface area (Å²) in [5.41, 5.74) is 3.86. The van der Waals surface area contributed by atoms with Crippen LogP contribution in [0.1, 0.15) is 5.56 Å².